The predicted octanol–water partition coefficient (Wildman–Crippen LogP) is 1.75. The Bertz CT molecular complexity index is 988. The summed E-state index contributed by atoms with van der Waals surface area (Å²) >= 11 is 0. The molecule has 0 aromatic carbocycles. The Morgan fingerprint density at radius 2 is 1.70 bits per heavy atom. The highest BCUT2D eigenvalue weighted by molar-refractivity contribution is 6.00. The monoisotopic (exact) mass is 630 g/mol. The van der Waals surface area contributed by atoms with Gasteiger partial charge in [-0.2, -0.15) is 0 Å². The van der Waals surface area contributed by atoms with E-state index in [1.807, 2.05) is 44.8 Å². The van der Waals surface area contributed by atoms with E-state index in [9.17, 15) is 29.7 Å². The lowest BCUT2D eigenvalue weighted by molar-refractivity contribution is -0.296. The zero-order valence-corrected chi connectivity index (χ0v) is 28.8. The van der Waals surface area contributed by atoms with Crippen molar-refractivity contribution in [2.75, 3.05) is 27.7 Å². The minimum atomic E-state index is -1.79. The van der Waals surface area contributed by atoms with Gasteiger partial charge in [-0.05, 0) is 80.9 Å². The van der Waals surface area contributed by atoms with Crippen LogP contribution in [-0.2, 0) is 33.3 Å². The number of carbonyl (C=O) groups excluding carboxylic acids is 3. The largest absolute Gasteiger partial charge is 0.459 e. The van der Waals surface area contributed by atoms with Gasteiger partial charge in [0.25, 0.3) is 0 Å². The average Bonchev–Trinajstić information content (AvgIpc) is 2.91. The van der Waals surface area contributed by atoms with Crippen LogP contribution in [0.15, 0.2) is 0 Å². The van der Waals surface area contributed by atoms with Gasteiger partial charge in [-0.15, -0.1) is 0 Å². The highest BCUT2D eigenvalue weighted by Gasteiger charge is 2.50. The number of rotatable bonds is 5. The van der Waals surface area contributed by atoms with Crippen molar-refractivity contribution in [1.29, 1.82) is 0 Å². The van der Waals surface area contributed by atoms with Gasteiger partial charge < -0.3 is 44.1 Å². The van der Waals surface area contributed by atoms with E-state index >= 15 is 0 Å². The lowest BCUT2D eigenvalue weighted by Crippen LogP contribution is -2.59. The van der Waals surface area contributed by atoms with Crippen LogP contribution in [0.5, 0.6) is 0 Å². The van der Waals surface area contributed by atoms with Gasteiger partial charge in [0.1, 0.15) is 23.7 Å². The molecule has 0 saturated carbocycles. The summed E-state index contributed by atoms with van der Waals surface area (Å²) in [5.41, 5.74) is -3.40. The Hall–Kier alpha value is -1.67. The zero-order valence-electron chi connectivity index (χ0n) is 28.8. The van der Waals surface area contributed by atoms with E-state index in [0.717, 1.165) is 0 Å². The molecule has 0 aromatic rings. The fourth-order valence-corrected chi connectivity index (χ4v) is 6.89. The molecule has 2 heterocycles. The van der Waals surface area contributed by atoms with Crippen molar-refractivity contribution in [3.05, 3.63) is 0 Å². The number of nitrogens with zero attached hydrogens (tertiary/aromatic N) is 2. The normalized spacial score (nSPS) is 44.0. The molecule has 256 valence electrons. The maximum atomic E-state index is 13.9. The molecule has 2 aliphatic rings. The third-order valence-corrected chi connectivity index (χ3v) is 9.52. The number of aliphatic hydroxyl groups excluding tert-OH is 1. The second-order valence-corrected chi connectivity index (χ2v) is 14.0. The van der Waals surface area contributed by atoms with Crippen LogP contribution in [0, 0.1) is 17.8 Å². The van der Waals surface area contributed by atoms with Crippen LogP contribution in [0.4, 0.5) is 0 Å². The molecular weight excluding hydrogens is 572 g/mol. The maximum absolute atomic E-state index is 13.9. The number of Topliss-reactive ketones (excluding diaryl/α,β-unsaturated/α-hetero) is 1. The lowest BCUT2D eigenvalue weighted by Gasteiger charge is -2.46. The molecule has 12 nitrogen and oxygen atoms in total. The summed E-state index contributed by atoms with van der Waals surface area (Å²) in [4.78, 5) is 43.2. The van der Waals surface area contributed by atoms with Gasteiger partial charge in [0.05, 0.1) is 23.9 Å². The first-order valence-corrected chi connectivity index (χ1v) is 15.9. The summed E-state index contributed by atoms with van der Waals surface area (Å²) < 4.78 is 24.0. The van der Waals surface area contributed by atoms with Crippen LogP contribution in [0.2, 0.25) is 0 Å². The van der Waals surface area contributed by atoms with Crippen LogP contribution < -0.4 is 0 Å². The lowest BCUT2D eigenvalue weighted by atomic mass is 9.78. The summed E-state index contributed by atoms with van der Waals surface area (Å²) in [6.45, 7) is 15.1. The smallest absolute Gasteiger partial charge is 0.316 e. The maximum Gasteiger partial charge on any atom is 0.316 e. The topological polar surface area (TPSA) is 155 Å². The fourth-order valence-electron chi connectivity index (χ4n) is 6.89. The van der Waals surface area contributed by atoms with Gasteiger partial charge in [-0.1, -0.05) is 20.8 Å². The van der Waals surface area contributed by atoms with Crippen molar-refractivity contribution in [1.82, 2.24) is 9.80 Å². The average molecular weight is 631 g/mol. The van der Waals surface area contributed by atoms with Crippen molar-refractivity contribution in [2.24, 2.45) is 17.8 Å². The first-order valence-electron chi connectivity index (χ1n) is 15.9. The molecule has 2 saturated heterocycles. The number of likely N-dealkylation sites (N-methyl/N-ethyl adjacent to an activating group) is 2. The fraction of sp³-hybridized carbons (Fsp3) is 0.906. The summed E-state index contributed by atoms with van der Waals surface area (Å²) in [6.07, 6.45) is -4.76. The van der Waals surface area contributed by atoms with Crippen LogP contribution in [0.1, 0.15) is 81.6 Å². The predicted molar refractivity (Wildman–Crippen MR) is 163 cm³/mol. The van der Waals surface area contributed by atoms with Crippen molar-refractivity contribution in [3.63, 3.8) is 0 Å². The summed E-state index contributed by atoms with van der Waals surface area (Å²) in [7, 11) is 5.55. The summed E-state index contributed by atoms with van der Waals surface area (Å²) in [5.74, 6) is -4.32. The van der Waals surface area contributed by atoms with Gasteiger partial charge in [0, 0.05) is 25.4 Å². The number of aliphatic hydroxyl groups is 3. The molecule has 13 atom stereocenters. The Morgan fingerprint density at radius 3 is 2.23 bits per heavy atom. The molecule has 2 fully saturated rings. The summed E-state index contributed by atoms with van der Waals surface area (Å²) in [6, 6.07) is -0.788. The minimum Gasteiger partial charge on any atom is -0.459 e. The highest BCUT2D eigenvalue weighted by Crippen LogP contribution is 2.36. The number of hydrogen-bond acceptors (Lipinski definition) is 12. The first kappa shape index (κ1) is 38.5. The standard InChI is InChI=1S/C32H58N2O10/c1-13-24-32(9,40)27(37)21(6)34(12)16-17(2)15-31(8,39)28(19(4)25(36)20(5)29(38)43-24)44-30-26(42-22(7)35)23(33(10)11)14-18(3)41-30/h17-21,23-24,26-28,30,37,39-40H,13-16H2,1-12H3/t17-,18-,19+,20-,21-,23+,24-,26-,27-,28-,30+,31-,32-/m1/s1. The van der Waals surface area contributed by atoms with Crippen LogP contribution in [-0.4, -0.2) is 131 Å². The highest BCUT2D eigenvalue weighted by atomic mass is 16.7. The van der Waals surface area contributed by atoms with E-state index in [1.165, 1.54) is 20.8 Å². The molecule has 44 heavy (non-hydrogen) atoms. The third-order valence-electron chi connectivity index (χ3n) is 9.52. The quantitative estimate of drug-likeness (QED) is 0.299. The number of esters is 2. The SMILES string of the molecule is CC[C@H]1OC(=O)[C@H](C)C(=O)[C@H](C)[C@@H](O[C@@H]2O[C@H](C)C[C@H](N(C)C)[C@H]2OC(C)=O)[C@](C)(O)C[C@@H](C)CN(C)[C@H](C)[C@@H](O)[C@]1(C)O. The number of carbonyl (C=O) groups is 3. The van der Waals surface area contributed by atoms with Gasteiger partial charge in [0.2, 0.25) is 0 Å². The molecule has 0 aliphatic carbocycles. The van der Waals surface area contributed by atoms with Gasteiger partial charge in [-0.25, -0.2) is 0 Å². The Kier molecular flexibility index (Phi) is 13.4. The number of hydrogen-bond donors (Lipinski definition) is 3. The first-order chi connectivity index (χ1) is 20.1. The van der Waals surface area contributed by atoms with E-state index in [4.69, 9.17) is 18.9 Å². The van der Waals surface area contributed by atoms with E-state index in [1.54, 1.807) is 27.7 Å². The molecule has 0 unspecified atom stereocenters. The molecular formula is C32H58N2O10. The van der Waals surface area contributed by atoms with Gasteiger partial charge in [-0.3, -0.25) is 14.4 Å². The Morgan fingerprint density at radius 1 is 1.11 bits per heavy atom. The second-order valence-electron chi connectivity index (χ2n) is 14.0. The Labute approximate surface area is 263 Å². The van der Waals surface area contributed by atoms with Crippen LogP contribution in [0.25, 0.3) is 0 Å². The molecule has 3 N–H and O–H groups in total. The zero-order chi connectivity index (χ0) is 33.9. The molecule has 2 rings (SSSR count). The van der Waals surface area contributed by atoms with Crippen molar-refractivity contribution < 1.29 is 48.7 Å². The van der Waals surface area contributed by atoms with Crippen LogP contribution >= 0.6 is 0 Å². The minimum absolute atomic E-state index is 0.157. The molecule has 2 aliphatic heterocycles. The van der Waals surface area contributed by atoms with Crippen molar-refractivity contribution in [2.45, 2.75) is 142 Å². The van der Waals surface area contributed by atoms with E-state index < -0.39 is 77.5 Å². The molecule has 0 spiro atoms. The molecule has 0 aromatic heterocycles. The van der Waals surface area contributed by atoms with E-state index in [-0.39, 0.29) is 30.9 Å². The molecule has 0 amide bonds. The third kappa shape index (κ3) is 8.98. The number of cyclic esters (lactones) is 1. The number of ether oxygens (including phenoxy) is 4. The number of ketones is 1. The molecule has 0 bridgehead atoms. The van der Waals surface area contributed by atoms with Crippen molar-refractivity contribution >= 4 is 17.7 Å². The summed E-state index contributed by atoms with van der Waals surface area (Å²) in [5, 5.41) is 34.6. The van der Waals surface area contributed by atoms with E-state index in [0.29, 0.717) is 13.0 Å². The molecule has 12 heteroatoms. The van der Waals surface area contributed by atoms with Crippen LogP contribution in [0.3, 0.4) is 0 Å². The Balaban J connectivity index is 2.60. The van der Waals surface area contributed by atoms with Gasteiger partial charge >= 0.3 is 11.9 Å². The molecule has 0 radical (unpaired) electrons. The van der Waals surface area contributed by atoms with Crippen molar-refractivity contribution in [3.8, 4) is 0 Å². The van der Waals surface area contributed by atoms with Gasteiger partial charge in [0.15, 0.2) is 18.2 Å². The second kappa shape index (κ2) is 15.3. The van der Waals surface area contributed by atoms with E-state index in [2.05, 4.69) is 0 Å².